The van der Waals surface area contributed by atoms with E-state index in [1.165, 1.54) is 0 Å². The summed E-state index contributed by atoms with van der Waals surface area (Å²) in [7, 11) is 3.25. The van der Waals surface area contributed by atoms with Gasteiger partial charge >= 0.3 is 0 Å². The molecule has 0 saturated carbocycles. The lowest BCUT2D eigenvalue weighted by Crippen LogP contribution is -2.30. The second-order valence-electron chi connectivity index (χ2n) is 5.28. The molecule has 6 heteroatoms. The van der Waals surface area contributed by atoms with E-state index in [-0.39, 0.29) is 29.9 Å². The van der Waals surface area contributed by atoms with E-state index in [9.17, 15) is 10.2 Å². The van der Waals surface area contributed by atoms with Crippen molar-refractivity contribution in [2.24, 2.45) is 0 Å². The number of benzene rings is 2. The van der Waals surface area contributed by atoms with Gasteiger partial charge in [-0.25, -0.2) is 0 Å². The number of nitrogens with one attached hydrogen (secondary N) is 1. The first-order valence-electron chi connectivity index (χ1n) is 7.14. The van der Waals surface area contributed by atoms with Gasteiger partial charge < -0.3 is 25.0 Å². The molecule has 5 nitrogen and oxygen atoms in total. The molecule has 0 saturated heterocycles. The smallest absolute Gasteiger partial charge is 0.157 e. The molecule has 1 aliphatic heterocycles. The maximum absolute atomic E-state index is 9.83. The molecule has 0 fully saturated rings. The molecule has 1 unspecified atom stereocenters. The Hall–Kier alpha value is -2.11. The number of rotatable bonds is 3. The average molecular weight is 338 g/mol. The highest BCUT2D eigenvalue weighted by Gasteiger charge is 2.26. The molecule has 0 spiro atoms. The topological polar surface area (TPSA) is 71.0 Å². The minimum absolute atomic E-state index is 0. The van der Waals surface area contributed by atoms with Gasteiger partial charge in [0.1, 0.15) is 11.5 Å². The third-order valence-corrected chi connectivity index (χ3v) is 4.04. The maximum atomic E-state index is 9.83. The van der Waals surface area contributed by atoms with Gasteiger partial charge in [-0.15, -0.1) is 12.4 Å². The van der Waals surface area contributed by atoms with Gasteiger partial charge in [0.2, 0.25) is 0 Å². The molecule has 0 bridgehead atoms. The first-order chi connectivity index (χ1) is 10.6. The fourth-order valence-electron chi connectivity index (χ4n) is 2.93. The Morgan fingerprint density at radius 3 is 2.43 bits per heavy atom. The van der Waals surface area contributed by atoms with Crippen LogP contribution in [0.5, 0.6) is 23.0 Å². The molecule has 3 rings (SSSR count). The van der Waals surface area contributed by atoms with Crippen LogP contribution < -0.4 is 14.8 Å². The second kappa shape index (κ2) is 6.98. The number of fused-ring (bicyclic) bond motifs is 1. The number of phenolic OH excluding ortho intramolecular Hbond substituents is 2. The molecule has 2 aromatic rings. The summed E-state index contributed by atoms with van der Waals surface area (Å²) < 4.78 is 10.8. The zero-order chi connectivity index (χ0) is 15.7. The molecular formula is C17H20ClNO4. The maximum Gasteiger partial charge on any atom is 0.157 e. The van der Waals surface area contributed by atoms with Gasteiger partial charge in [-0.2, -0.15) is 0 Å². The van der Waals surface area contributed by atoms with Gasteiger partial charge in [0.25, 0.3) is 0 Å². The van der Waals surface area contributed by atoms with Crippen molar-refractivity contribution in [3.8, 4) is 23.0 Å². The zero-order valence-corrected chi connectivity index (χ0v) is 13.8. The lowest BCUT2D eigenvalue weighted by atomic mass is 9.89. The highest BCUT2D eigenvalue weighted by atomic mass is 35.5. The van der Waals surface area contributed by atoms with E-state index >= 15 is 0 Å². The van der Waals surface area contributed by atoms with E-state index in [0.29, 0.717) is 0 Å². The number of aromatic hydroxyl groups is 2. The standard InChI is InChI=1S/C17H19NO4.ClH/c1-21-11-3-4-16(22-2)13(8-11)17-12-9-15(20)14(19)7-10(12)5-6-18-17;/h3-4,7-9,17-20H,5-6H2,1-2H3;1H. The molecule has 1 aliphatic rings. The Balaban J connectivity index is 0.00000192. The molecule has 0 radical (unpaired) electrons. The highest BCUT2D eigenvalue weighted by Crippen LogP contribution is 2.39. The fourth-order valence-corrected chi connectivity index (χ4v) is 2.93. The lowest BCUT2D eigenvalue weighted by molar-refractivity contribution is 0.389. The van der Waals surface area contributed by atoms with Crippen molar-refractivity contribution < 1.29 is 19.7 Å². The molecular weight excluding hydrogens is 318 g/mol. The molecule has 0 aliphatic carbocycles. The minimum atomic E-state index is -0.125. The van der Waals surface area contributed by atoms with E-state index in [4.69, 9.17) is 9.47 Å². The second-order valence-corrected chi connectivity index (χ2v) is 5.28. The van der Waals surface area contributed by atoms with Gasteiger partial charge in [-0.05, 0) is 47.9 Å². The van der Waals surface area contributed by atoms with Crippen molar-refractivity contribution in [3.63, 3.8) is 0 Å². The van der Waals surface area contributed by atoms with Crippen LogP contribution >= 0.6 is 12.4 Å². The van der Waals surface area contributed by atoms with Gasteiger partial charge in [-0.1, -0.05) is 0 Å². The van der Waals surface area contributed by atoms with Crippen LogP contribution in [0.3, 0.4) is 0 Å². The molecule has 1 heterocycles. The van der Waals surface area contributed by atoms with E-state index in [1.807, 2.05) is 18.2 Å². The van der Waals surface area contributed by atoms with E-state index in [1.54, 1.807) is 26.4 Å². The number of methoxy groups -OCH3 is 2. The molecule has 2 aromatic carbocycles. The number of halogens is 1. The van der Waals surface area contributed by atoms with Crippen LogP contribution in [0.25, 0.3) is 0 Å². The molecule has 23 heavy (non-hydrogen) atoms. The molecule has 0 aromatic heterocycles. The van der Waals surface area contributed by atoms with Gasteiger partial charge in [0, 0.05) is 12.1 Å². The van der Waals surface area contributed by atoms with Crippen LogP contribution in [0.2, 0.25) is 0 Å². The predicted molar refractivity (Wildman–Crippen MR) is 90.1 cm³/mol. The van der Waals surface area contributed by atoms with Crippen molar-refractivity contribution in [1.82, 2.24) is 5.32 Å². The summed E-state index contributed by atoms with van der Waals surface area (Å²) in [5.74, 6) is 1.29. The van der Waals surface area contributed by atoms with E-state index in [0.717, 1.165) is 41.2 Å². The van der Waals surface area contributed by atoms with Crippen molar-refractivity contribution in [3.05, 3.63) is 47.0 Å². The Bertz CT molecular complexity index is 705. The van der Waals surface area contributed by atoms with Crippen LogP contribution in [0, 0.1) is 0 Å². The van der Waals surface area contributed by atoms with Crippen molar-refractivity contribution in [2.75, 3.05) is 20.8 Å². The number of hydrogen-bond acceptors (Lipinski definition) is 5. The summed E-state index contributed by atoms with van der Waals surface area (Å²) in [5, 5.41) is 23.0. The summed E-state index contributed by atoms with van der Waals surface area (Å²) in [5.41, 5.74) is 2.89. The lowest BCUT2D eigenvalue weighted by Gasteiger charge is -2.29. The van der Waals surface area contributed by atoms with Gasteiger partial charge in [-0.3, -0.25) is 0 Å². The molecule has 0 amide bonds. The third-order valence-electron chi connectivity index (χ3n) is 4.04. The zero-order valence-electron chi connectivity index (χ0n) is 13.0. The van der Waals surface area contributed by atoms with Crippen LogP contribution in [0.15, 0.2) is 30.3 Å². The normalized spacial score (nSPS) is 16.2. The van der Waals surface area contributed by atoms with Crippen molar-refractivity contribution in [1.29, 1.82) is 0 Å². The first kappa shape index (κ1) is 17.2. The Kier molecular flexibility index (Phi) is 5.23. The molecule has 3 N–H and O–H groups in total. The summed E-state index contributed by atoms with van der Waals surface area (Å²) in [6.07, 6.45) is 0.798. The number of ether oxygens (including phenoxy) is 2. The monoisotopic (exact) mass is 337 g/mol. The van der Waals surface area contributed by atoms with Crippen LogP contribution in [0.1, 0.15) is 22.7 Å². The van der Waals surface area contributed by atoms with E-state index < -0.39 is 0 Å². The Morgan fingerprint density at radius 2 is 1.74 bits per heavy atom. The Morgan fingerprint density at radius 1 is 1.00 bits per heavy atom. The highest BCUT2D eigenvalue weighted by molar-refractivity contribution is 5.85. The molecule has 1 atom stereocenters. The number of phenols is 2. The summed E-state index contributed by atoms with van der Waals surface area (Å²) >= 11 is 0. The molecule has 124 valence electrons. The summed E-state index contributed by atoms with van der Waals surface area (Å²) in [6, 6.07) is 8.76. The van der Waals surface area contributed by atoms with Gasteiger partial charge in [0.05, 0.1) is 20.3 Å². The SMILES string of the molecule is COc1ccc(OC)c(C2NCCc3cc(O)c(O)cc32)c1.Cl. The van der Waals surface area contributed by atoms with Crippen LogP contribution in [-0.2, 0) is 6.42 Å². The number of hydrogen-bond donors (Lipinski definition) is 3. The quantitative estimate of drug-likeness (QED) is 0.751. The Labute approximate surface area is 141 Å². The van der Waals surface area contributed by atoms with Crippen LogP contribution in [0.4, 0.5) is 0 Å². The predicted octanol–water partition coefficient (Wildman–Crippen LogP) is 2.77. The van der Waals surface area contributed by atoms with Gasteiger partial charge in [0.15, 0.2) is 11.5 Å². The summed E-state index contributed by atoms with van der Waals surface area (Å²) in [6.45, 7) is 0.780. The first-order valence-corrected chi connectivity index (χ1v) is 7.14. The minimum Gasteiger partial charge on any atom is -0.504 e. The average Bonchev–Trinajstić information content (AvgIpc) is 2.55. The largest absolute Gasteiger partial charge is 0.504 e. The van der Waals surface area contributed by atoms with Crippen molar-refractivity contribution >= 4 is 12.4 Å². The van der Waals surface area contributed by atoms with E-state index in [2.05, 4.69) is 5.32 Å². The third kappa shape index (κ3) is 3.16. The van der Waals surface area contributed by atoms with Crippen molar-refractivity contribution in [2.45, 2.75) is 12.5 Å². The fraction of sp³-hybridized carbons (Fsp3) is 0.294. The summed E-state index contributed by atoms with van der Waals surface area (Å²) in [4.78, 5) is 0. The van der Waals surface area contributed by atoms with Crippen LogP contribution in [-0.4, -0.2) is 31.0 Å².